The van der Waals surface area contributed by atoms with Crippen molar-refractivity contribution in [2.75, 3.05) is 19.6 Å². The molecular weight excluding hydrogens is 282 g/mol. The smallest absolute Gasteiger partial charge is 0.306 e. The maximum atomic E-state index is 11.9. The topological polar surface area (TPSA) is 102 Å². The van der Waals surface area contributed by atoms with Crippen LogP contribution in [0.5, 0.6) is 0 Å². The van der Waals surface area contributed by atoms with Crippen LogP contribution >= 0.6 is 11.3 Å². The molecule has 0 spiro atoms. The van der Waals surface area contributed by atoms with Crippen molar-refractivity contribution in [3.63, 3.8) is 0 Å². The fourth-order valence-electron chi connectivity index (χ4n) is 2.19. The van der Waals surface area contributed by atoms with Gasteiger partial charge in [-0.25, -0.2) is 0 Å². The van der Waals surface area contributed by atoms with E-state index in [1.807, 2.05) is 0 Å². The Bertz CT molecular complexity index is 531. The number of nitrogens with one attached hydrogen (secondary N) is 2. The number of piperidine rings is 1. The highest BCUT2D eigenvalue weighted by Gasteiger charge is 2.26. The summed E-state index contributed by atoms with van der Waals surface area (Å²) in [6.07, 6.45) is 1.03. The zero-order valence-electron chi connectivity index (χ0n) is 10.9. The molecule has 0 unspecified atom stereocenters. The van der Waals surface area contributed by atoms with E-state index < -0.39 is 5.97 Å². The third-order valence-electron chi connectivity index (χ3n) is 3.36. The molecule has 0 atom stereocenters. The minimum atomic E-state index is -0.781. The summed E-state index contributed by atoms with van der Waals surface area (Å²) in [5, 5.41) is 13.6. The van der Waals surface area contributed by atoms with Gasteiger partial charge in [0.05, 0.1) is 12.5 Å². The summed E-state index contributed by atoms with van der Waals surface area (Å²) < 4.78 is 0. The number of likely N-dealkylation sites (tertiary alicyclic amines) is 1. The molecule has 20 heavy (non-hydrogen) atoms. The lowest BCUT2D eigenvalue weighted by Crippen LogP contribution is -2.44. The maximum Gasteiger partial charge on any atom is 0.306 e. The summed E-state index contributed by atoms with van der Waals surface area (Å²) in [5.74, 6) is -1.15. The van der Waals surface area contributed by atoms with Gasteiger partial charge in [-0.1, -0.05) is 11.3 Å². The third-order valence-corrected chi connectivity index (χ3v) is 4.08. The van der Waals surface area contributed by atoms with Crippen molar-refractivity contribution in [3.8, 4) is 0 Å². The molecule has 3 N–H and O–H groups in total. The molecule has 1 aliphatic heterocycles. The Morgan fingerprint density at radius 2 is 2.15 bits per heavy atom. The predicted octanol–water partition coefficient (Wildman–Crippen LogP) is -0.151. The number of aliphatic carboxylic acids is 1. The quantitative estimate of drug-likeness (QED) is 0.701. The third kappa shape index (κ3) is 3.91. The van der Waals surface area contributed by atoms with Crippen molar-refractivity contribution in [1.82, 2.24) is 15.2 Å². The fraction of sp³-hybridized carbons (Fsp3) is 0.583. The second kappa shape index (κ2) is 6.67. The number of hydrogen-bond donors (Lipinski definition) is 3. The fourth-order valence-corrected chi connectivity index (χ4v) is 2.77. The van der Waals surface area contributed by atoms with Crippen LogP contribution in [-0.2, 0) is 16.1 Å². The number of carboxylic acids is 1. The number of carboxylic acid groups (broad SMARTS) is 1. The zero-order valence-corrected chi connectivity index (χ0v) is 11.7. The van der Waals surface area contributed by atoms with Crippen LogP contribution in [0, 0.1) is 5.92 Å². The van der Waals surface area contributed by atoms with E-state index in [9.17, 15) is 14.4 Å². The first-order chi connectivity index (χ1) is 9.56. The maximum absolute atomic E-state index is 11.9. The molecule has 2 heterocycles. The van der Waals surface area contributed by atoms with E-state index in [1.54, 1.807) is 10.3 Å². The van der Waals surface area contributed by atoms with Gasteiger partial charge in [0.1, 0.15) is 0 Å². The predicted molar refractivity (Wildman–Crippen MR) is 73.6 cm³/mol. The lowest BCUT2D eigenvalue weighted by Gasteiger charge is -2.30. The van der Waals surface area contributed by atoms with Gasteiger partial charge < -0.3 is 20.3 Å². The molecule has 1 fully saturated rings. The molecular formula is C12H17N3O4S. The number of amides is 1. The van der Waals surface area contributed by atoms with Gasteiger partial charge in [0.2, 0.25) is 5.91 Å². The highest BCUT2D eigenvalue weighted by molar-refractivity contribution is 7.07. The van der Waals surface area contributed by atoms with Crippen LogP contribution in [0.2, 0.25) is 0 Å². The number of thiazole rings is 1. The summed E-state index contributed by atoms with van der Waals surface area (Å²) in [4.78, 5) is 37.9. The Kier molecular flexibility index (Phi) is 4.91. The van der Waals surface area contributed by atoms with Gasteiger partial charge >= 0.3 is 10.8 Å². The first kappa shape index (κ1) is 14.7. The Balaban J connectivity index is 1.70. The van der Waals surface area contributed by atoms with Crippen LogP contribution in [0.25, 0.3) is 0 Å². The van der Waals surface area contributed by atoms with E-state index >= 15 is 0 Å². The van der Waals surface area contributed by atoms with E-state index in [1.165, 1.54) is 0 Å². The molecule has 1 saturated heterocycles. The van der Waals surface area contributed by atoms with Gasteiger partial charge in [-0.15, -0.1) is 0 Å². The Morgan fingerprint density at radius 1 is 1.45 bits per heavy atom. The normalized spacial score (nSPS) is 16.3. The Hall–Kier alpha value is -1.67. The Labute approximate surface area is 119 Å². The molecule has 7 nitrogen and oxygen atoms in total. The largest absolute Gasteiger partial charge is 0.481 e. The average molecular weight is 299 g/mol. The van der Waals surface area contributed by atoms with Gasteiger partial charge in [0.15, 0.2) is 0 Å². The zero-order chi connectivity index (χ0) is 14.5. The Morgan fingerprint density at radius 3 is 2.70 bits per heavy atom. The molecule has 1 aliphatic rings. The molecule has 1 aromatic heterocycles. The van der Waals surface area contributed by atoms with Crippen molar-refractivity contribution < 1.29 is 14.7 Å². The first-order valence-corrected chi connectivity index (χ1v) is 7.32. The van der Waals surface area contributed by atoms with Crippen molar-refractivity contribution in [1.29, 1.82) is 0 Å². The number of rotatable bonds is 5. The van der Waals surface area contributed by atoms with Crippen LogP contribution in [0.15, 0.2) is 10.2 Å². The second-order valence-corrected chi connectivity index (χ2v) is 5.61. The van der Waals surface area contributed by atoms with E-state index in [0.29, 0.717) is 32.5 Å². The molecule has 1 aromatic rings. The van der Waals surface area contributed by atoms with Crippen molar-refractivity contribution in [3.05, 3.63) is 20.7 Å². The van der Waals surface area contributed by atoms with Gasteiger partial charge in [-0.3, -0.25) is 14.4 Å². The molecule has 0 saturated carbocycles. The van der Waals surface area contributed by atoms with Gasteiger partial charge in [-0.2, -0.15) is 0 Å². The molecule has 0 bridgehead atoms. The van der Waals surface area contributed by atoms with E-state index in [0.717, 1.165) is 17.0 Å². The number of aromatic nitrogens is 1. The van der Waals surface area contributed by atoms with Gasteiger partial charge in [0.25, 0.3) is 0 Å². The van der Waals surface area contributed by atoms with Crippen molar-refractivity contribution in [2.24, 2.45) is 5.92 Å². The molecule has 1 amide bonds. The van der Waals surface area contributed by atoms with E-state index in [2.05, 4.69) is 10.3 Å². The molecule has 0 radical (unpaired) electrons. The van der Waals surface area contributed by atoms with E-state index in [-0.39, 0.29) is 23.2 Å². The van der Waals surface area contributed by atoms with Crippen LogP contribution in [0.1, 0.15) is 18.5 Å². The molecule has 2 rings (SSSR count). The summed E-state index contributed by atoms with van der Waals surface area (Å²) in [7, 11) is 0. The molecule has 0 aliphatic carbocycles. The second-order valence-electron chi connectivity index (χ2n) is 4.77. The van der Waals surface area contributed by atoms with Crippen LogP contribution in [-0.4, -0.2) is 46.5 Å². The van der Waals surface area contributed by atoms with Gasteiger partial charge in [0, 0.05) is 30.7 Å². The summed E-state index contributed by atoms with van der Waals surface area (Å²) in [6, 6.07) is 0. The number of aromatic amines is 1. The number of carbonyl (C=O) groups is 2. The van der Waals surface area contributed by atoms with Crippen LogP contribution < -0.4 is 10.2 Å². The first-order valence-electron chi connectivity index (χ1n) is 6.44. The lowest BCUT2D eigenvalue weighted by molar-refractivity contribution is -0.145. The standard InChI is InChI=1S/C12H17N3O4S/c16-10(6-13-5-9-7-20-12(19)14-9)15-3-1-8(2-4-15)11(17)18/h7-8,13H,1-6H2,(H,14,19)(H,17,18). The monoisotopic (exact) mass is 299 g/mol. The summed E-state index contributed by atoms with van der Waals surface area (Å²) >= 11 is 1.09. The number of H-pyrrole nitrogens is 1. The summed E-state index contributed by atoms with van der Waals surface area (Å²) in [5.41, 5.74) is 0.761. The van der Waals surface area contributed by atoms with E-state index in [4.69, 9.17) is 5.11 Å². The average Bonchev–Trinajstić information content (AvgIpc) is 2.84. The van der Waals surface area contributed by atoms with Crippen molar-refractivity contribution >= 4 is 23.2 Å². The van der Waals surface area contributed by atoms with Crippen LogP contribution in [0.3, 0.4) is 0 Å². The number of hydrogen-bond acceptors (Lipinski definition) is 5. The van der Waals surface area contributed by atoms with Gasteiger partial charge in [-0.05, 0) is 12.8 Å². The highest BCUT2D eigenvalue weighted by atomic mass is 32.1. The highest BCUT2D eigenvalue weighted by Crippen LogP contribution is 2.17. The minimum Gasteiger partial charge on any atom is -0.481 e. The SMILES string of the molecule is O=C(O)C1CCN(C(=O)CNCc2csc(=O)[nH]2)CC1. The molecule has 110 valence electrons. The van der Waals surface area contributed by atoms with Crippen molar-refractivity contribution in [2.45, 2.75) is 19.4 Å². The number of carbonyl (C=O) groups excluding carboxylic acids is 1. The van der Waals surface area contributed by atoms with Crippen LogP contribution in [0.4, 0.5) is 0 Å². The summed E-state index contributed by atoms with van der Waals surface area (Å²) in [6.45, 7) is 1.62. The number of nitrogens with zero attached hydrogens (tertiary/aromatic N) is 1. The molecule has 8 heteroatoms. The minimum absolute atomic E-state index is 0.0357. The lowest BCUT2D eigenvalue weighted by atomic mass is 9.97. The molecule has 0 aromatic carbocycles.